The van der Waals surface area contributed by atoms with E-state index >= 15 is 0 Å². The normalized spacial score (nSPS) is 10.6. The number of nitrogens with one attached hydrogen (secondary N) is 1. The van der Waals surface area contributed by atoms with Crippen LogP contribution in [0.1, 0.15) is 36.1 Å². The molecule has 0 saturated heterocycles. The van der Waals surface area contributed by atoms with Crippen molar-refractivity contribution in [3.63, 3.8) is 0 Å². The van der Waals surface area contributed by atoms with E-state index in [2.05, 4.69) is 22.1 Å². The summed E-state index contributed by atoms with van der Waals surface area (Å²) in [6, 6.07) is 10.2. The lowest BCUT2D eigenvalue weighted by Gasteiger charge is -2.08. The SMILES string of the molecule is Nc1nc(CCC(=O)O)c(CCCCc2ccccc2)c(=O)[nH]1. The minimum absolute atomic E-state index is 0.0309. The number of aromatic nitrogens is 2. The Hall–Kier alpha value is -2.63. The predicted octanol–water partition coefficient (Wildman–Crippen LogP) is 1.93. The topological polar surface area (TPSA) is 109 Å². The molecule has 6 heteroatoms. The highest BCUT2D eigenvalue weighted by atomic mass is 16.4. The summed E-state index contributed by atoms with van der Waals surface area (Å²) < 4.78 is 0. The van der Waals surface area contributed by atoms with Crippen LogP contribution >= 0.6 is 0 Å². The molecule has 0 saturated carbocycles. The number of rotatable bonds is 8. The molecule has 0 fully saturated rings. The number of carboxylic acid groups (broad SMARTS) is 1. The number of aromatic amines is 1. The highest BCUT2D eigenvalue weighted by Crippen LogP contribution is 2.11. The summed E-state index contributed by atoms with van der Waals surface area (Å²) in [7, 11) is 0. The summed E-state index contributed by atoms with van der Waals surface area (Å²) >= 11 is 0. The smallest absolute Gasteiger partial charge is 0.303 e. The van der Waals surface area contributed by atoms with Gasteiger partial charge in [-0.2, -0.15) is 0 Å². The van der Waals surface area contributed by atoms with Crippen LogP contribution in [-0.2, 0) is 24.1 Å². The second-order valence-corrected chi connectivity index (χ2v) is 5.46. The summed E-state index contributed by atoms with van der Waals surface area (Å²) in [5, 5.41) is 8.80. The highest BCUT2D eigenvalue weighted by molar-refractivity contribution is 5.67. The van der Waals surface area contributed by atoms with Gasteiger partial charge in [0, 0.05) is 12.0 Å². The number of nitrogens with zero attached hydrogens (tertiary/aromatic N) is 1. The molecule has 4 N–H and O–H groups in total. The van der Waals surface area contributed by atoms with Gasteiger partial charge in [-0.3, -0.25) is 14.6 Å². The quantitative estimate of drug-likeness (QED) is 0.645. The van der Waals surface area contributed by atoms with Gasteiger partial charge >= 0.3 is 5.97 Å². The molecule has 1 aromatic heterocycles. The maximum Gasteiger partial charge on any atom is 0.303 e. The van der Waals surface area contributed by atoms with E-state index in [1.165, 1.54) is 5.56 Å². The van der Waals surface area contributed by atoms with Crippen molar-refractivity contribution >= 4 is 11.9 Å². The van der Waals surface area contributed by atoms with Crippen LogP contribution < -0.4 is 11.3 Å². The zero-order valence-corrected chi connectivity index (χ0v) is 12.9. The largest absolute Gasteiger partial charge is 0.481 e. The molecule has 1 heterocycles. The summed E-state index contributed by atoms with van der Waals surface area (Å²) in [6.45, 7) is 0. The van der Waals surface area contributed by atoms with Crippen molar-refractivity contribution in [3.8, 4) is 0 Å². The van der Waals surface area contributed by atoms with Gasteiger partial charge in [0.1, 0.15) is 0 Å². The van der Waals surface area contributed by atoms with Gasteiger partial charge in [0.15, 0.2) is 0 Å². The number of carboxylic acids is 1. The van der Waals surface area contributed by atoms with Gasteiger partial charge in [-0.05, 0) is 31.2 Å². The first-order valence-electron chi connectivity index (χ1n) is 7.69. The molecule has 6 nitrogen and oxygen atoms in total. The van der Waals surface area contributed by atoms with Crippen molar-refractivity contribution in [2.75, 3.05) is 5.73 Å². The number of anilines is 1. The van der Waals surface area contributed by atoms with Crippen LogP contribution in [0.25, 0.3) is 0 Å². The van der Waals surface area contributed by atoms with Crippen LogP contribution in [0, 0.1) is 0 Å². The number of aryl methyl sites for hydroxylation is 2. The molecule has 0 radical (unpaired) electrons. The molecule has 0 unspecified atom stereocenters. The monoisotopic (exact) mass is 315 g/mol. The van der Waals surface area contributed by atoms with E-state index in [0.29, 0.717) is 17.7 Å². The first-order chi connectivity index (χ1) is 11.1. The van der Waals surface area contributed by atoms with E-state index in [4.69, 9.17) is 10.8 Å². The second kappa shape index (κ2) is 8.12. The second-order valence-electron chi connectivity index (χ2n) is 5.46. The van der Waals surface area contributed by atoms with Crippen LogP contribution in [-0.4, -0.2) is 21.0 Å². The van der Waals surface area contributed by atoms with E-state index in [9.17, 15) is 9.59 Å². The Labute approximate surface area is 134 Å². The fraction of sp³-hybridized carbons (Fsp3) is 0.353. The summed E-state index contributed by atoms with van der Waals surface area (Å²) in [5.74, 6) is -0.885. The van der Waals surface area contributed by atoms with Gasteiger partial charge in [-0.1, -0.05) is 30.3 Å². The first-order valence-corrected chi connectivity index (χ1v) is 7.69. The maximum absolute atomic E-state index is 12.0. The molecule has 0 spiro atoms. The van der Waals surface area contributed by atoms with Gasteiger partial charge < -0.3 is 10.8 Å². The number of nitrogens with two attached hydrogens (primary N) is 1. The molecule has 0 bridgehead atoms. The molecular formula is C17H21N3O3. The van der Waals surface area contributed by atoms with Gasteiger partial charge in [-0.25, -0.2) is 4.98 Å². The van der Waals surface area contributed by atoms with Crippen LogP contribution in [0.15, 0.2) is 35.1 Å². The Bertz CT molecular complexity index is 711. The Morgan fingerprint density at radius 1 is 1.13 bits per heavy atom. The molecule has 0 amide bonds. The lowest BCUT2D eigenvalue weighted by Crippen LogP contribution is -2.20. The Kier molecular flexibility index (Phi) is 5.91. The fourth-order valence-corrected chi connectivity index (χ4v) is 2.53. The van der Waals surface area contributed by atoms with E-state index < -0.39 is 5.97 Å². The highest BCUT2D eigenvalue weighted by Gasteiger charge is 2.12. The average molecular weight is 315 g/mol. The summed E-state index contributed by atoms with van der Waals surface area (Å²) in [5.41, 5.74) is 7.60. The third-order valence-corrected chi connectivity index (χ3v) is 3.68. The number of hydrogen-bond acceptors (Lipinski definition) is 4. The molecule has 23 heavy (non-hydrogen) atoms. The number of hydrogen-bond donors (Lipinski definition) is 3. The van der Waals surface area contributed by atoms with E-state index in [1.54, 1.807) is 0 Å². The lowest BCUT2D eigenvalue weighted by molar-refractivity contribution is -0.136. The third-order valence-electron chi connectivity index (χ3n) is 3.68. The summed E-state index contributed by atoms with van der Waals surface area (Å²) in [6.07, 6.45) is 3.47. The zero-order chi connectivity index (χ0) is 16.7. The molecule has 0 aliphatic rings. The molecule has 122 valence electrons. The van der Waals surface area contributed by atoms with Crippen molar-refractivity contribution in [2.24, 2.45) is 0 Å². The van der Waals surface area contributed by atoms with Gasteiger partial charge in [-0.15, -0.1) is 0 Å². The number of nitrogen functional groups attached to an aromatic ring is 1. The maximum atomic E-state index is 12.0. The van der Waals surface area contributed by atoms with Crippen molar-refractivity contribution < 1.29 is 9.90 Å². The van der Waals surface area contributed by atoms with Gasteiger partial charge in [0.05, 0.1) is 12.1 Å². The Balaban J connectivity index is 1.97. The summed E-state index contributed by atoms with van der Waals surface area (Å²) in [4.78, 5) is 29.4. The molecule has 1 aromatic carbocycles. The standard InChI is InChI=1S/C17H21N3O3/c18-17-19-14(10-11-15(21)22)13(16(23)20-17)9-5-4-8-12-6-2-1-3-7-12/h1-3,6-7H,4-5,8-11H2,(H,21,22)(H3,18,19,20,23). The van der Waals surface area contributed by atoms with Crippen molar-refractivity contribution in [3.05, 3.63) is 57.5 Å². The van der Waals surface area contributed by atoms with Crippen molar-refractivity contribution in [1.29, 1.82) is 0 Å². The fourth-order valence-electron chi connectivity index (χ4n) is 2.53. The molecule has 0 aliphatic heterocycles. The molecule has 0 aliphatic carbocycles. The van der Waals surface area contributed by atoms with E-state index in [0.717, 1.165) is 19.3 Å². The zero-order valence-electron chi connectivity index (χ0n) is 12.9. The van der Waals surface area contributed by atoms with Gasteiger partial charge in [0.25, 0.3) is 5.56 Å². The van der Waals surface area contributed by atoms with E-state index in [-0.39, 0.29) is 24.3 Å². The average Bonchev–Trinajstić information content (AvgIpc) is 2.52. The number of H-pyrrole nitrogens is 1. The molecular weight excluding hydrogens is 294 g/mol. The van der Waals surface area contributed by atoms with Crippen LogP contribution in [0.2, 0.25) is 0 Å². The predicted molar refractivity (Wildman–Crippen MR) is 88.3 cm³/mol. The third kappa shape index (κ3) is 5.25. The molecule has 2 aromatic rings. The van der Waals surface area contributed by atoms with Crippen molar-refractivity contribution in [1.82, 2.24) is 9.97 Å². The molecule has 0 atom stereocenters. The number of benzene rings is 1. The number of aliphatic carboxylic acids is 1. The van der Waals surface area contributed by atoms with Gasteiger partial charge in [0.2, 0.25) is 5.95 Å². The number of unbranched alkanes of at least 4 members (excludes halogenated alkanes) is 1. The van der Waals surface area contributed by atoms with Crippen LogP contribution in [0.4, 0.5) is 5.95 Å². The number of carbonyl (C=O) groups is 1. The van der Waals surface area contributed by atoms with Crippen molar-refractivity contribution in [2.45, 2.75) is 38.5 Å². The Morgan fingerprint density at radius 2 is 1.83 bits per heavy atom. The van der Waals surface area contributed by atoms with E-state index in [1.807, 2.05) is 18.2 Å². The van der Waals surface area contributed by atoms with Crippen LogP contribution in [0.5, 0.6) is 0 Å². The minimum atomic E-state index is -0.916. The lowest BCUT2D eigenvalue weighted by atomic mass is 10.0. The minimum Gasteiger partial charge on any atom is -0.481 e. The van der Waals surface area contributed by atoms with Crippen LogP contribution in [0.3, 0.4) is 0 Å². The Morgan fingerprint density at radius 3 is 2.52 bits per heavy atom. The molecule has 2 rings (SSSR count). The first kappa shape index (κ1) is 16.7.